The van der Waals surface area contributed by atoms with E-state index < -0.39 is 22.1 Å². The molecule has 126 valence electrons. The van der Waals surface area contributed by atoms with Crippen molar-refractivity contribution in [2.24, 2.45) is 5.92 Å². The van der Waals surface area contributed by atoms with Crippen molar-refractivity contribution in [2.45, 2.75) is 32.2 Å². The molecule has 9 heteroatoms. The average molecular weight is 333 g/mol. The maximum atomic E-state index is 12.8. The summed E-state index contributed by atoms with van der Waals surface area (Å²) in [5.41, 5.74) is 0. The van der Waals surface area contributed by atoms with Crippen LogP contribution in [0.1, 0.15) is 26.2 Å². The lowest BCUT2D eigenvalue weighted by Crippen LogP contribution is -2.53. The van der Waals surface area contributed by atoms with Crippen molar-refractivity contribution in [3.63, 3.8) is 0 Å². The highest BCUT2D eigenvalue weighted by molar-refractivity contribution is 7.86. The van der Waals surface area contributed by atoms with Crippen molar-refractivity contribution in [1.82, 2.24) is 8.61 Å². The van der Waals surface area contributed by atoms with Gasteiger partial charge in [-0.2, -0.15) is 22.3 Å². The molecule has 1 rings (SSSR count). The van der Waals surface area contributed by atoms with E-state index in [2.05, 4.69) is 0 Å². The largest absolute Gasteiger partial charge is 0.481 e. The van der Waals surface area contributed by atoms with Gasteiger partial charge < -0.3 is 9.84 Å². The summed E-state index contributed by atoms with van der Waals surface area (Å²) >= 11 is 0. The molecule has 0 aromatic rings. The molecule has 1 aliphatic rings. The fraction of sp³-hybridized carbons (Fsp3) is 0.846. The summed E-state index contributed by atoms with van der Waals surface area (Å²) in [5.74, 6) is -1.67. The summed E-state index contributed by atoms with van der Waals surface area (Å²) in [6.07, 6.45) is 1.05. The van der Waals surface area contributed by atoms with Gasteiger partial charge in [0.15, 0.2) is 0 Å². The summed E-state index contributed by atoms with van der Waals surface area (Å²) in [7, 11) is -2.34. The van der Waals surface area contributed by atoms with E-state index >= 15 is 0 Å². The molecule has 0 saturated carbocycles. The highest BCUT2D eigenvalue weighted by atomic mass is 32.2. The Morgan fingerprint density at radius 2 is 2.14 bits per heavy atom. The predicted molar refractivity (Wildman–Crippen MR) is 79.1 cm³/mol. The number of hydrogen-bond acceptors (Lipinski definition) is 5. The van der Waals surface area contributed by atoms with Gasteiger partial charge in [0.1, 0.15) is 0 Å². The Balaban J connectivity index is 2.94. The van der Waals surface area contributed by atoms with Crippen LogP contribution in [0.5, 0.6) is 0 Å². The Morgan fingerprint density at radius 1 is 1.45 bits per heavy atom. The number of aliphatic carboxylic acids is 1. The molecule has 1 saturated heterocycles. The molecule has 0 spiro atoms. The third-order valence-electron chi connectivity index (χ3n) is 3.81. The van der Waals surface area contributed by atoms with Gasteiger partial charge in [0.25, 0.3) is 10.2 Å². The molecule has 0 aromatic heterocycles. The molecule has 0 aromatic carbocycles. The molecule has 1 aliphatic heterocycles. The van der Waals surface area contributed by atoms with E-state index in [4.69, 9.17) is 15.1 Å². The molecule has 2 atom stereocenters. The first-order valence-electron chi connectivity index (χ1n) is 7.20. The molecular formula is C13H23N3O5S. The van der Waals surface area contributed by atoms with E-state index in [1.807, 2.05) is 6.07 Å². The fourth-order valence-electron chi connectivity index (χ4n) is 2.46. The van der Waals surface area contributed by atoms with Crippen molar-refractivity contribution < 1.29 is 23.1 Å². The topological polar surface area (TPSA) is 111 Å². The highest BCUT2D eigenvalue weighted by Crippen LogP contribution is 2.26. The summed E-state index contributed by atoms with van der Waals surface area (Å²) in [6, 6.07) is 1.67. The SMILES string of the molecule is COCCN(CCC#N)S(=O)(=O)N1CC(C(=O)O)CCC1C. The van der Waals surface area contributed by atoms with Crippen LogP contribution in [0, 0.1) is 17.2 Å². The van der Waals surface area contributed by atoms with E-state index in [1.54, 1.807) is 6.92 Å². The van der Waals surface area contributed by atoms with Crippen LogP contribution in [0.4, 0.5) is 0 Å². The van der Waals surface area contributed by atoms with Gasteiger partial charge in [-0.15, -0.1) is 0 Å². The quantitative estimate of drug-likeness (QED) is 0.683. The zero-order valence-corrected chi connectivity index (χ0v) is 13.8. The van der Waals surface area contributed by atoms with Gasteiger partial charge >= 0.3 is 5.97 Å². The van der Waals surface area contributed by atoms with Crippen LogP contribution in [-0.4, -0.2) is 67.5 Å². The fourth-order valence-corrected chi connectivity index (χ4v) is 4.31. The van der Waals surface area contributed by atoms with Crippen LogP contribution >= 0.6 is 0 Å². The minimum Gasteiger partial charge on any atom is -0.481 e. The first-order chi connectivity index (χ1) is 10.3. The van der Waals surface area contributed by atoms with Crippen molar-refractivity contribution >= 4 is 16.2 Å². The van der Waals surface area contributed by atoms with Crippen molar-refractivity contribution in [3.8, 4) is 6.07 Å². The first kappa shape index (κ1) is 18.8. The number of nitrogens with zero attached hydrogens (tertiary/aromatic N) is 3. The number of carboxylic acid groups (broad SMARTS) is 1. The second-order valence-corrected chi connectivity index (χ2v) is 7.22. The number of nitriles is 1. The van der Waals surface area contributed by atoms with E-state index in [-0.39, 0.29) is 38.7 Å². The van der Waals surface area contributed by atoms with Gasteiger partial charge in [-0.05, 0) is 19.8 Å². The predicted octanol–water partition coefficient (Wildman–Crippen LogP) is 0.278. The van der Waals surface area contributed by atoms with Gasteiger partial charge in [0.05, 0.1) is 18.6 Å². The van der Waals surface area contributed by atoms with Crippen LogP contribution in [0.15, 0.2) is 0 Å². The van der Waals surface area contributed by atoms with Crippen molar-refractivity contribution in [3.05, 3.63) is 0 Å². The lowest BCUT2D eigenvalue weighted by atomic mass is 9.96. The minimum absolute atomic E-state index is 0.0329. The van der Waals surface area contributed by atoms with Crippen LogP contribution in [-0.2, 0) is 19.7 Å². The Labute approximate surface area is 131 Å². The Bertz CT molecular complexity index is 516. The summed E-state index contributed by atoms with van der Waals surface area (Å²) in [4.78, 5) is 11.1. The number of ether oxygens (including phenoxy) is 1. The molecule has 22 heavy (non-hydrogen) atoms. The molecule has 1 heterocycles. The van der Waals surface area contributed by atoms with E-state index in [0.717, 1.165) is 0 Å². The van der Waals surface area contributed by atoms with Crippen LogP contribution < -0.4 is 0 Å². The second kappa shape index (κ2) is 8.43. The minimum atomic E-state index is -3.81. The van der Waals surface area contributed by atoms with E-state index in [1.165, 1.54) is 15.7 Å². The smallest absolute Gasteiger partial charge is 0.307 e. The zero-order chi connectivity index (χ0) is 16.8. The average Bonchev–Trinajstić information content (AvgIpc) is 2.47. The zero-order valence-electron chi connectivity index (χ0n) is 12.9. The second-order valence-electron chi connectivity index (χ2n) is 5.34. The molecule has 0 radical (unpaired) electrons. The molecule has 0 aliphatic carbocycles. The van der Waals surface area contributed by atoms with Crippen LogP contribution in [0.3, 0.4) is 0 Å². The Hall–Kier alpha value is -1.21. The summed E-state index contributed by atoms with van der Waals surface area (Å²) in [6.45, 7) is 2.17. The van der Waals surface area contributed by atoms with E-state index in [9.17, 15) is 13.2 Å². The molecule has 0 bridgehead atoms. The Morgan fingerprint density at radius 3 is 2.68 bits per heavy atom. The molecule has 1 N–H and O–H groups in total. The Kier molecular flexibility index (Phi) is 7.22. The highest BCUT2D eigenvalue weighted by Gasteiger charge is 2.39. The number of methoxy groups -OCH3 is 1. The van der Waals surface area contributed by atoms with Gasteiger partial charge in [-0.3, -0.25) is 4.79 Å². The number of rotatable bonds is 8. The number of hydrogen-bond donors (Lipinski definition) is 1. The van der Waals surface area contributed by atoms with E-state index in [0.29, 0.717) is 12.8 Å². The normalized spacial score (nSPS) is 23.4. The summed E-state index contributed by atoms with van der Waals surface area (Å²) < 4.78 is 32.9. The van der Waals surface area contributed by atoms with Gasteiger partial charge in [-0.1, -0.05) is 0 Å². The summed E-state index contributed by atoms with van der Waals surface area (Å²) in [5, 5.41) is 17.8. The number of carbonyl (C=O) groups is 1. The van der Waals surface area contributed by atoms with Crippen LogP contribution in [0.2, 0.25) is 0 Å². The van der Waals surface area contributed by atoms with Gasteiger partial charge in [-0.25, -0.2) is 0 Å². The maximum Gasteiger partial charge on any atom is 0.307 e. The number of carboxylic acids is 1. The first-order valence-corrected chi connectivity index (χ1v) is 8.59. The third kappa shape index (κ3) is 4.64. The third-order valence-corrected chi connectivity index (χ3v) is 5.93. The standard InChI is InChI=1S/C13H23N3O5S/c1-11-4-5-12(13(17)18)10-16(11)22(19,20)15(7-3-6-14)8-9-21-2/h11-12H,3-5,7-10H2,1-2H3,(H,17,18). The van der Waals surface area contributed by atoms with Gasteiger partial charge in [0.2, 0.25) is 0 Å². The molecular weight excluding hydrogens is 310 g/mol. The van der Waals surface area contributed by atoms with Crippen LogP contribution in [0.25, 0.3) is 0 Å². The lowest BCUT2D eigenvalue weighted by Gasteiger charge is -2.38. The number of piperidine rings is 1. The molecule has 2 unspecified atom stereocenters. The molecule has 0 amide bonds. The monoisotopic (exact) mass is 333 g/mol. The molecule has 1 fully saturated rings. The maximum absolute atomic E-state index is 12.8. The lowest BCUT2D eigenvalue weighted by molar-refractivity contribution is -0.143. The molecule has 8 nitrogen and oxygen atoms in total. The van der Waals surface area contributed by atoms with Crippen molar-refractivity contribution in [1.29, 1.82) is 5.26 Å². The van der Waals surface area contributed by atoms with Crippen molar-refractivity contribution in [2.75, 3.05) is 33.4 Å². The van der Waals surface area contributed by atoms with Gasteiger partial charge in [0, 0.05) is 39.2 Å².